The Hall–Kier alpha value is -1.88. The summed E-state index contributed by atoms with van der Waals surface area (Å²) in [4.78, 5) is 16.0. The van der Waals surface area contributed by atoms with Crippen LogP contribution in [0, 0.1) is 0 Å². The number of hydrogen-bond acceptors (Lipinski definition) is 2. The Morgan fingerprint density at radius 3 is 2.60 bits per heavy atom. The average Bonchev–Trinajstić information content (AvgIpc) is 2.81. The molecule has 102 valence electrons. The summed E-state index contributed by atoms with van der Waals surface area (Å²) in [5.74, 6) is 0.112. The van der Waals surface area contributed by atoms with Crippen LogP contribution in [0.15, 0.2) is 45.8 Å². The van der Waals surface area contributed by atoms with Crippen LogP contribution in [0.3, 0.4) is 0 Å². The standard InChI is InChI=1S/C15H14BrN3O/c1-9(2)12-13(10-6-4-3-5-7-10)18-14-11(16)8-17-19(14)15(12)20/h3-9,18H,1-2H3. The molecule has 1 N–H and O–H groups in total. The number of benzene rings is 1. The first-order valence-corrected chi connectivity index (χ1v) is 7.23. The second-order valence-electron chi connectivity index (χ2n) is 4.99. The number of halogens is 1. The highest BCUT2D eigenvalue weighted by Gasteiger charge is 2.18. The zero-order chi connectivity index (χ0) is 14.3. The van der Waals surface area contributed by atoms with E-state index in [9.17, 15) is 4.79 Å². The molecule has 0 atom stereocenters. The maximum atomic E-state index is 12.6. The molecule has 0 saturated heterocycles. The first-order valence-electron chi connectivity index (χ1n) is 6.44. The van der Waals surface area contributed by atoms with Crippen LogP contribution in [0.5, 0.6) is 0 Å². The number of nitrogens with zero attached hydrogens (tertiary/aromatic N) is 2. The Bertz CT molecular complexity index is 818. The van der Waals surface area contributed by atoms with Crippen molar-refractivity contribution in [3.63, 3.8) is 0 Å². The normalized spacial score (nSPS) is 11.4. The fourth-order valence-electron chi connectivity index (χ4n) is 2.37. The molecule has 20 heavy (non-hydrogen) atoms. The Morgan fingerprint density at radius 2 is 1.95 bits per heavy atom. The predicted molar refractivity (Wildman–Crippen MR) is 83.0 cm³/mol. The van der Waals surface area contributed by atoms with Crippen molar-refractivity contribution in [1.82, 2.24) is 14.6 Å². The van der Waals surface area contributed by atoms with E-state index >= 15 is 0 Å². The summed E-state index contributed by atoms with van der Waals surface area (Å²) in [6.07, 6.45) is 1.63. The lowest BCUT2D eigenvalue weighted by molar-refractivity contribution is 0.797. The lowest BCUT2D eigenvalue weighted by Gasteiger charge is -2.13. The number of aromatic nitrogens is 3. The van der Waals surface area contributed by atoms with Crippen LogP contribution in [-0.4, -0.2) is 14.6 Å². The van der Waals surface area contributed by atoms with E-state index in [1.54, 1.807) is 6.20 Å². The van der Waals surface area contributed by atoms with Crippen LogP contribution in [0.2, 0.25) is 0 Å². The summed E-state index contributed by atoms with van der Waals surface area (Å²) in [5.41, 5.74) is 3.22. The van der Waals surface area contributed by atoms with Gasteiger partial charge in [-0.25, -0.2) is 0 Å². The highest BCUT2D eigenvalue weighted by molar-refractivity contribution is 9.10. The van der Waals surface area contributed by atoms with Crippen LogP contribution in [0.25, 0.3) is 16.9 Å². The van der Waals surface area contributed by atoms with Gasteiger partial charge in [0.1, 0.15) is 0 Å². The summed E-state index contributed by atoms with van der Waals surface area (Å²) in [7, 11) is 0. The molecular weight excluding hydrogens is 318 g/mol. The van der Waals surface area contributed by atoms with Gasteiger partial charge in [-0.05, 0) is 27.4 Å². The number of fused-ring (bicyclic) bond motifs is 1. The van der Waals surface area contributed by atoms with Gasteiger partial charge in [-0.2, -0.15) is 9.61 Å². The van der Waals surface area contributed by atoms with E-state index in [0.717, 1.165) is 21.3 Å². The summed E-state index contributed by atoms with van der Waals surface area (Å²) in [5, 5.41) is 4.12. The third-order valence-electron chi connectivity index (χ3n) is 3.30. The van der Waals surface area contributed by atoms with Crippen molar-refractivity contribution in [2.45, 2.75) is 19.8 Å². The van der Waals surface area contributed by atoms with E-state index in [2.05, 4.69) is 26.0 Å². The van der Waals surface area contributed by atoms with Crippen molar-refractivity contribution >= 4 is 21.6 Å². The quantitative estimate of drug-likeness (QED) is 0.780. The maximum absolute atomic E-state index is 12.6. The fourth-order valence-corrected chi connectivity index (χ4v) is 2.73. The number of nitrogens with one attached hydrogen (secondary N) is 1. The van der Waals surface area contributed by atoms with Crippen molar-refractivity contribution in [1.29, 1.82) is 0 Å². The molecule has 5 heteroatoms. The molecule has 0 spiro atoms. The van der Waals surface area contributed by atoms with E-state index < -0.39 is 0 Å². The van der Waals surface area contributed by atoms with Crippen LogP contribution in [0.4, 0.5) is 0 Å². The number of hydrogen-bond donors (Lipinski definition) is 1. The topological polar surface area (TPSA) is 50.2 Å². The number of rotatable bonds is 2. The van der Waals surface area contributed by atoms with E-state index in [0.29, 0.717) is 5.65 Å². The van der Waals surface area contributed by atoms with Gasteiger partial charge in [0.05, 0.1) is 16.4 Å². The Morgan fingerprint density at radius 1 is 1.25 bits per heavy atom. The summed E-state index contributed by atoms with van der Waals surface area (Å²) < 4.78 is 2.19. The van der Waals surface area contributed by atoms with Crippen LogP contribution in [0.1, 0.15) is 25.3 Å². The lowest BCUT2D eigenvalue weighted by atomic mass is 9.98. The predicted octanol–water partition coefficient (Wildman–Crippen LogP) is 3.58. The minimum absolute atomic E-state index is 0.0710. The molecule has 4 nitrogen and oxygen atoms in total. The zero-order valence-corrected chi connectivity index (χ0v) is 12.8. The van der Waals surface area contributed by atoms with E-state index in [1.165, 1.54) is 4.52 Å². The molecular formula is C15H14BrN3O. The third-order valence-corrected chi connectivity index (χ3v) is 3.88. The van der Waals surface area contributed by atoms with Gasteiger partial charge in [0.2, 0.25) is 0 Å². The first-order chi connectivity index (χ1) is 9.59. The molecule has 0 radical (unpaired) electrons. The smallest absolute Gasteiger partial charge is 0.278 e. The molecule has 1 aromatic carbocycles. The lowest BCUT2D eigenvalue weighted by Crippen LogP contribution is -2.22. The Labute approximate surface area is 124 Å². The Balaban J connectivity index is 2.43. The average molecular weight is 332 g/mol. The zero-order valence-electron chi connectivity index (χ0n) is 11.2. The minimum atomic E-state index is -0.0710. The molecule has 3 rings (SSSR count). The highest BCUT2D eigenvalue weighted by atomic mass is 79.9. The maximum Gasteiger partial charge on any atom is 0.278 e. The van der Waals surface area contributed by atoms with Gasteiger partial charge in [0.25, 0.3) is 5.56 Å². The van der Waals surface area contributed by atoms with Gasteiger partial charge in [0.15, 0.2) is 5.65 Å². The largest absolute Gasteiger partial charge is 0.338 e. The van der Waals surface area contributed by atoms with Gasteiger partial charge < -0.3 is 4.98 Å². The van der Waals surface area contributed by atoms with E-state index in [-0.39, 0.29) is 11.5 Å². The fraction of sp³-hybridized carbons (Fsp3) is 0.200. The monoisotopic (exact) mass is 331 g/mol. The summed E-state index contributed by atoms with van der Waals surface area (Å²) in [6, 6.07) is 9.89. The van der Waals surface area contributed by atoms with Gasteiger partial charge in [-0.15, -0.1) is 0 Å². The van der Waals surface area contributed by atoms with E-state index in [4.69, 9.17) is 0 Å². The molecule has 0 bridgehead atoms. The molecule has 0 aliphatic carbocycles. The first kappa shape index (κ1) is 13.1. The molecule has 0 aliphatic rings. The summed E-state index contributed by atoms with van der Waals surface area (Å²) >= 11 is 3.42. The van der Waals surface area contributed by atoms with Crippen molar-refractivity contribution in [3.8, 4) is 11.3 Å². The molecule has 0 fully saturated rings. The van der Waals surface area contributed by atoms with Crippen LogP contribution < -0.4 is 5.56 Å². The second-order valence-corrected chi connectivity index (χ2v) is 5.85. The Kier molecular flexibility index (Phi) is 3.22. The minimum Gasteiger partial charge on any atom is -0.338 e. The van der Waals surface area contributed by atoms with Crippen LogP contribution >= 0.6 is 15.9 Å². The highest BCUT2D eigenvalue weighted by Crippen LogP contribution is 2.26. The molecule has 3 aromatic rings. The van der Waals surface area contributed by atoms with E-state index in [1.807, 2.05) is 44.2 Å². The van der Waals surface area contributed by atoms with Crippen molar-refractivity contribution < 1.29 is 0 Å². The molecule has 0 aliphatic heterocycles. The molecule has 0 saturated carbocycles. The van der Waals surface area contributed by atoms with Gasteiger partial charge in [0, 0.05) is 5.56 Å². The number of H-pyrrole nitrogens is 1. The SMILES string of the molecule is CC(C)c1c(-c2ccccc2)[nH]c2c(Br)cnn2c1=O. The van der Waals surface area contributed by atoms with Crippen molar-refractivity contribution in [2.24, 2.45) is 0 Å². The van der Waals surface area contributed by atoms with Crippen LogP contribution in [-0.2, 0) is 0 Å². The molecule has 2 heterocycles. The summed E-state index contributed by atoms with van der Waals surface area (Å²) in [6.45, 7) is 4.03. The van der Waals surface area contributed by atoms with Gasteiger partial charge in [-0.3, -0.25) is 4.79 Å². The van der Waals surface area contributed by atoms with Gasteiger partial charge in [-0.1, -0.05) is 44.2 Å². The second kappa shape index (κ2) is 4.90. The number of aromatic amines is 1. The van der Waals surface area contributed by atoms with Gasteiger partial charge >= 0.3 is 0 Å². The third kappa shape index (κ3) is 1.98. The molecule has 2 aromatic heterocycles. The molecule has 0 amide bonds. The van der Waals surface area contributed by atoms with Crippen molar-refractivity contribution in [3.05, 3.63) is 56.9 Å². The molecule has 0 unspecified atom stereocenters. The van der Waals surface area contributed by atoms with Crippen molar-refractivity contribution in [2.75, 3.05) is 0 Å².